The molecule has 13 heteroatoms. The Bertz CT molecular complexity index is 1730. The Morgan fingerprint density at radius 3 is 2.33 bits per heavy atom. The molecule has 0 bridgehead atoms. The van der Waals surface area contributed by atoms with E-state index in [1.54, 1.807) is 44.2 Å². The van der Waals surface area contributed by atoms with E-state index in [0.29, 0.717) is 31.3 Å². The Balaban J connectivity index is 1.30. The van der Waals surface area contributed by atoms with Crippen molar-refractivity contribution in [3.05, 3.63) is 82.7 Å². The van der Waals surface area contributed by atoms with Gasteiger partial charge in [0.2, 0.25) is 0 Å². The third-order valence-corrected chi connectivity index (χ3v) is 13.5. The minimum absolute atomic E-state index is 0.0308. The van der Waals surface area contributed by atoms with Crippen LogP contribution in [0.4, 0.5) is 0 Å². The van der Waals surface area contributed by atoms with Crippen LogP contribution in [0, 0.1) is 40.4 Å². The number of nitrogens with one attached hydrogen (secondary N) is 2. The van der Waals surface area contributed by atoms with E-state index in [1.807, 2.05) is 50.8 Å². The fraction of sp³-hybridized carbons (Fsp3) is 0.638. The number of likely N-dealkylation sites (tertiary alicyclic amines) is 1. The van der Waals surface area contributed by atoms with Crippen LogP contribution in [-0.4, -0.2) is 114 Å². The highest BCUT2D eigenvalue weighted by Gasteiger charge is 2.54. The van der Waals surface area contributed by atoms with Crippen molar-refractivity contribution in [3.63, 3.8) is 0 Å². The summed E-state index contributed by atoms with van der Waals surface area (Å²) in [7, 11) is 0. The molecule has 1 amide bonds. The van der Waals surface area contributed by atoms with Crippen molar-refractivity contribution in [2.45, 2.75) is 142 Å². The predicted octanol–water partition coefficient (Wildman–Crippen LogP) is 4.41. The first-order valence-corrected chi connectivity index (χ1v) is 21.8. The summed E-state index contributed by atoms with van der Waals surface area (Å²) < 4.78 is 0. The van der Waals surface area contributed by atoms with Crippen LogP contribution in [0.25, 0.3) is 0 Å². The van der Waals surface area contributed by atoms with Crippen LogP contribution in [0.1, 0.15) is 99.3 Å². The van der Waals surface area contributed by atoms with E-state index in [1.165, 1.54) is 0 Å². The molecule has 13 atom stereocenters. The van der Waals surface area contributed by atoms with E-state index in [9.17, 15) is 45.3 Å². The number of nitrogens with zero attached hydrogens (tertiary/aromatic N) is 1. The normalized spacial score (nSPS) is 31.2. The van der Waals surface area contributed by atoms with Gasteiger partial charge in [0.25, 0.3) is 5.91 Å². The van der Waals surface area contributed by atoms with Crippen molar-refractivity contribution in [2.24, 2.45) is 40.7 Å². The van der Waals surface area contributed by atoms with Gasteiger partial charge >= 0.3 is 0 Å². The van der Waals surface area contributed by atoms with Gasteiger partial charge in [-0.1, -0.05) is 87.4 Å². The maximum Gasteiger partial charge on any atom is 0.258 e. The van der Waals surface area contributed by atoms with E-state index in [2.05, 4.69) is 11.4 Å². The molecule has 2 aliphatic carbocycles. The third kappa shape index (κ3) is 11.9. The minimum Gasteiger partial charge on any atom is -0.511 e. The van der Waals surface area contributed by atoms with E-state index in [0.717, 1.165) is 37.0 Å². The molecule has 1 saturated carbocycles. The number of nitrogens with two attached hydrogens (primary N) is 1. The molecule has 334 valence electrons. The summed E-state index contributed by atoms with van der Waals surface area (Å²) in [5.41, 5.74) is 6.69. The lowest BCUT2D eigenvalue weighted by molar-refractivity contribution is -0.117. The lowest BCUT2D eigenvalue weighted by Crippen LogP contribution is -2.49. The Labute approximate surface area is 356 Å². The molecule has 2 saturated heterocycles. The molecule has 4 aliphatic rings. The van der Waals surface area contributed by atoms with Crippen LogP contribution < -0.4 is 11.1 Å². The Kier molecular flexibility index (Phi) is 17.7. The molecular weight excluding hydrogens is 765 g/mol. The number of carbonyl (C=O) groups excluding carboxylic acids is 2. The van der Waals surface area contributed by atoms with Gasteiger partial charge in [-0.15, -0.1) is 0 Å². The molecule has 0 spiro atoms. The van der Waals surface area contributed by atoms with Gasteiger partial charge in [-0.25, -0.2) is 0 Å². The van der Waals surface area contributed by atoms with Crippen LogP contribution >= 0.6 is 0 Å². The van der Waals surface area contributed by atoms with Crippen molar-refractivity contribution in [3.8, 4) is 0 Å². The van der Waals surface area contributed by atoms with Crippen molar-refractivity contribution in [1.82, 2.24) is 10.2 Å². The van der Waals surface area contributed by atoms with Crippen LogP contribution in [0.5, 0.6) is 0 Å². The summed E-state index contributed by atoms with van der Waals surface area (Å²) >= 11 is 0. The second kappa shape index (κ2) is 21.8. The SMILES string of the molecule is CC1=CC2C(O)CCCC2C(C)(/C(O)=C2/C(=O)CNC2=O)C1/C=C/C(C)C(O)/C(C)=C/CC(O)/C=C/C(C)C(O)/C=C/CC(O)/C(C)=C/CC(O)CC1CCCN1C(=N)N. The zero-order valence-corrected chi connectivity index (χ0v) is 36.4. The maximum atomic E-state index is 12.7. The van der Waals surface area contributed by atoms with Crippen LogP contribution in [-0.2, 0) is 9.59 Å². The second-order valence-electron chi connectivity index (χ2n) is 18.0. The van der Waals surface area contributed by atoms with Gasteiger partial charge in [-0.05, 0) is 89.2 Å². The summed E-state index contributed by atoms with van der Waals surface area (Å²) in [6, 6.07) is 0.0523. The number of carbonyl (C=O) groups is 2. The first-order chi connectivity index (χ1) is 28.3. The van der Waals surface area contributed by atoms with Gasteiger partial charge < -0.3 is 51.7 Å². The Morgan fingerprint density at radius 2 is 1.67 bits per heavy atom. The fourth-order valence-electron chi connectivity index (χ4n) is 9.59. The number of hydrogen-bond donors (Lipinski definition) is 10. The van der Waals surface area contributed by atoms with Gasteiger partial charge in [0.15, 0.2) is 11.7 Å². The van der Waals surface area contributed by atoms with Crippen molar-refractivity contribution in [2.75, 3.05) is 13.1 Å². The lowest BCUT2D eigenvalue weighted by atomic mass is 9.52. The number of guanidine groups is 1. The molecule has 13 unspecified atom stereocenters. The molecule has 0 aromatic rings. The number of aliphatic hydroxyl groups is 7. The molecule has 3 fully saturated rings. The lowest BCUT2D eigenvalue weighted by Gasteiger charge is -2.52. The number of hydrogen-bond acceptors (Lipinski definition) is 10. The highest BCUT2D eigenvalue weighted by atomic mass is 16.3. The molecule has 2 heterocycles. The number of Topliss-reactive ketones (excluding diaryl/α,β-unsaturated/α-hetero) is 1. The number of allylic oxidation sites excluding steroid dienone is 3. The van der Waals surface area contributed by atoms with E-state index in [4.69, 9.17) is 11.1 Å². The fourth-order valence-corrected chi connectivity index (χ4v) is 9.59. The van der Waals surface area contributed by atoms with Crippen LogP contribution in [0.3, 0.4) is 0 Å². The van der Waals surface area contributed by atoms with Crippen LogP contribution in [0.15, 0.2) is 82.7 Å². The zero-order valence-electron chi connectivity index (χ0n) is 36.4. The molecule has 2 aliphatic heterocycles. The van der Waals surface area contributed by atoms with Gasteiger partial charge in [-0.2, -0.15) is 0 Å². The first-order valence-electron chi connectivity index (χ1n) is 21.8. The molecule has 60 heavy (non-hydrogen) atoms. The Hall–Kier alpha value is -3.85. The van der Waals surface area contributed by atoms with Crippen molar-refractivity contribution in [1.29, 1.82) is 5.41 Å². The van der Waals surface area contributed by atoms with Crippen LogP contribution in [0.2, 0.25) is 0 Å². The standard InChI is InChI=1S/C47H72N4O9/c1-27(38(54)12-8-13-39(55)28(2)16-21-34(53)25-32-10-9-23-51(32)46(48)49)15-19-33(52)20-17-29(3)43(58)30(4)18-22-36-31(5)24-35-37(11-7-14-40(35)56)47(36,6)44(59)42-41(57)26-50-45(42)60/h8,12,15-19,22,24,27,30,32-40,43,52-56,58-59H,7,9-11,13-14,20-21,23,25-26H2,1-6H3,(H3,48,49)(H,50,60)/b12-8+,19-15+,22-18+,28-16+,29-17+,44-42+. The van der Waals surface area contributed by atoms with Gasteiger partial charge in [0.1, 0.15) is 11.3 Å². The average Bonchev–Trinajstić information content (AvgIpc) is 3.82. The topological polar surface area (TPSA) is 241 Å². The zero-order chi connectivity index (χ0) is 44.5. The number of amides is 1. The molecule has 13 nitrogen and oxygen atoms in total. The number of aliphatic hydroxyl groups excluding tert-OH is 7. The van der Waals surface area contributed by atoms with E-state index < -0.39 is 59.6 Å². The first kappa shape index (κ1) is 48.8. The van der Waals surface area contributed by atoms with Gasteiger partial charge in [0, 0.05) is 41.7 Å². The average molecular weight is 837 g/mol. The minimum atomic E-state index is -1.04. The Morgan fingerprint density at radius 1 is 0.967 bits per heavy atom. The summed E-state index contributed by atoms with van der Waals surface area (Å²) in [4.78, 5) is 27.3. The molecule has 0 aromatic carbocycles. The summed E-state index contributed by atoms with van der Waals surface area (Å²) in [5.74, 6) is -2.79. The highest BCUT2D eigenvalue weighted by molar-refractivity contribution is 6.25. The highest BCUT2D eigenvalue weighted by Crippen LogP contribution is 2.57. The molecule has 0 radical (unpaired) electrons. The van der Waals surface area contributed by atoms with E-state index in [-0.39, 0.29) is 66.4 Å². The summed E-state index contributed by atoms with van der Waals surface area (Å²) in [5, 5.41) is 86.8. The van der Waals surface area contributed by atoms with Crippen molar-refractivity contribution >= 4 is 17.6 Å². The third-order valence-electron chi connectivity index (χ3n) is 13.5. The molecule has 4 rings (SSSR count). The summed E-state index contributed by atoms with van der Waals surface area (Å²) in [6.45, 7) is 11.7. The second-order valence-corrected chi connectivity index (χ2v) is 18.0. The number of ketones is 1. The number of fused-ring (bicyclic) bond motifs is 1. The van der Waals surface area contributed by atoms with Crippen molar-refractivity contribution < 1.29 is 45.3 Å². The summed E-state index contributed by atoms with van der Waals surface area (Å²) in [6.07, 6.45) is 17.0. The monoisotopic (exact) mass is 837 g/mol. The predicted molar refractivity (Wildman–Crippen MR) is 233 cm³/mol. The van der Waals surface area contributed by atoms with E-state index >= 15 is 0 Å². The molecule has 0 aromatic heterocycles. The number of rotatable bonds is 18. The molecule has 11 N–H and O–H groups in total. The quantitative estimate of drug-likeness (QED) is 0.0232. The largest absolute Gasteiger partial charge is 0.511 e. The maximum absolute atomic E-state index is 12.7. The van der Waals surface area contributed by atoms with Gasteiger partial charge in [0.05, 0.1) is 43.2 Å². The van der Waals surface area contributed by atoms with Gasteiger partial charge in [-0.3, -0.25) is 15.0 Å². The molecular formula is C47H72N4O9. The smallest absolute Gasteiger partial charge is 0.258 e.